The minimum Gasteiger partial charge on any atom is -0.272 e. The van der Waals surface area contributed by atoms with Crippen LogP contribution in [-0.2, 0) is 4.79 Å². The Kier molecular flexibility index (Phi) is 3.07. The number of thiol groups is 1. The zero-order valence-electron chi connectivity index (χ0n) is 9.38. The van der Waals surface area contributed by atoms with Crippen LogP contribution in [0.2, 0.25) is 0 Å². The zero-order valence-corrected chi connectivity index (χ0v) is 12.4. The summed E-state index contributed by atoms with van der Waals surface area (Å²) in [7, 11) is 0. The van der Waals surface area contributed by atoms with Crippen molar-refractivity contribution >= 4 is 47.1 Å². The molecule has 4 heteroatoms. The van der Waals surface area contributed by atoms with Gasteiger partial charge in [-0.2, -0.15) is 12.6 Å². The van der Waals surface area contributed by atoms with E-state index in [1.54, 1.807) is 3.11 Å². The van der Waals surface area contributed by atoms with Crippen LogP contribution in [0.15, 0.2) is 48.5 Å². The summed E-state index contributed by atoms with van der Waals surface area (Å²) in [6.07, 6.45) is 0. The molecule has 1 atom stereocenters. The molecule has 0 N–H and O–H groups in total. The minimum atomic E-state index is -0.412. The first kappa shape index (κ1) is 12.0. The highest BCUT2D eigenvalue weighted by Crippen LogP contribution is 2.43. The van der Waals surface area contributed by atoms with Gasteiger partial charge in [-0.25, -0.2) is 0 Å². The summed E-state index contributed by atoms with van der Waals surface area (Å²) in [6, 6.07) is 15.9. The van der Waals surface area contributed by atoms with Gasteiger partial charge in [0, 0.05) is 5.56 Å². The first-order valence-corrected chi connectivity index (χ1v) is 7.04. The third-order valence-corrected chi connectivity index (χ3v) is 4.58. The van der Waals surface area contributed by atoms with Crippen LogP contribution < -0.4 is 3.11 Å². The fourth-order valence-electron chi connectivity index (χ4n) is 2.21. The van der Waals surface area contributed by atoms with Crippen LogP contribution in [0.25, 0.3) is 11.1 Å². The van der Waals surface area contributed by atoms with Gasteiger partial charge in [-0.05, 0) is 17.2 Å². The van der Waals surface area contributed by atoms with Crippen LogP contribution in [0.3, 0.4) is 0 Å². The smallest absolute Gasteiger partial charge is 0.253 e. The molecule has 1 heterocycles. The van der Waals surface area contributed by atoms with E-state index in [1.165, 1.54) is 0 Å². The molecule has 1 amide bonds. The number of hydrogen-bond acceptors (Lipinski definition) is 2. The Morgan fingerprint density at radius 2 is 1.61 bits per heavy atom. The molecule has 0 saturated heterocycles. The summed E-state index contributed by atoms with van der Waals surface area (Å²) in [6.45, 7) is 0. The van der Waals surface area contributed by atoms with Gasteiger partial charge >= 0.3 is 0 Å². The van der Waals surface area contributed by atoms with E-state index in [9.17, 15) is 4.79 Å². The van der Waals surface area contributed by atoms with Crippen molar-refractivity contribution in [1.82, 2.24) is 0 Å². The molecule has 0 spiro atoms. The van der Waals surface area contributed by atoms with Gasteiger partial charge in [-0.1, -0.05) is 42.5 Å². The van der Waals surface area contributed by atoms with Gasteiger partial charge < -0.3 is 0 Å². The first-order valence-electron chi connectivity index (χ1n) is 5.56. The second kappa shape index (κ2) is 4.59. The van der Waals surface area contributed by atoms with Gasteiger partial charge in [0.05, 0.1) is 28.6 Å². The molecule has 1 aliphatic rings. The summed E-state index contributed by atoms with van der Waals surface area (Å²) in [5.41, 5.74) is 4.05. The lowest BCUT2D eigenvalue weighted by Crippen LogP contribution is -2.22. The molecule has 1 unspecified atom stereocenters. The summed E-state index contributed by atoms with van der Waals surface area (Å²) >= 11 is 6.52. The molecule has 2 aromatic rings. The number of rotatable bonds is 0. The number of amides is 1. The average Bonchev–Trinajstić information content (AvgIpc) is 2.51. The van der Waals surface area contributed by atoms with E-state index in [-0.39, 0.29) is 5.91 Å². The van der Waals surface area contributed by atoms with Gasteiger partial charge in [0.15, 0.2) is 0 Å². The maximum atomic E-state index is 12.3. The molecule has 0 fully saturated rings. The van der Waals surface area contributed by atoms with E-state index in [0.717, 1.165) is 22.4 Å². The Bertz CT molecular complexity index is 575. The Hall–Kier alpha value is -1.01. The molecule has 0 aromatic heterocycles. The quantitative estimate of drug-likeness (QED) is 0.424. The van der Waals surface area contributed by atoms with E-state index >= 15 is 0 Å². The second-order valence-electron chi connectivity index (χ2n) is 4.13. The van der Waals surface area contributed by atoms with Crippen molar-refractivity contribution in [2.75, 3.05) is 3.11 Å². The second-order valence-corrected chi connectivity index (χ2v) is 5.61. The molecule has 0 radical (unpaired) electrons. The molecule has 90 valence electrons. The van der Waals surface area contributed by atoms with Crippen LogP contribution in [0, 0.1) is 0 Å². The van der Waals surface area contributed by atoms with E-state index in [1.807, 2.05) is 71.4 Å². The number of halogens is 1. The molecule has 3 rings (SSSR count). The Balaban J connectivity index is 2.36. The van der Waals surface area contributed by atoms with E-state index in [2.05, 4.69) is 12.6 Å². The number of benzene rings is 2. The Morgan fingerprint density at radius 1 is 1.00 bits per heavy atom. The van der Waals surface area contributed by atoms with Crippen molar-refractivity contribution < 1.29 is 4.79 Å². The monoisotopic (exact) mass is 367 g/mol. The lowest BCUT2D eigenvalue weighted by atomic mass is 9.98. The van der Waals surface area contributed by atoms with E-state index in [4.69, 9.17) is 0 Å². The van der Waals surface area contributed by atoms with Gasteiger partial charge in [0.25, 0.3) is 5.91 Å². The van der Waals surface area contributed by atoms with Crippen molar-refractivity contribution in [3.05, 3.63) is 54.1 Å². The van der Waals surface area contributed by atoms with Crippen LogP contribution in [0.5, 0.6) is 0 Å². The summed E-state index contributed by atoms with van der Waals surface area (Å²) in [5.74, 6) is -0.00340. The normalized spacial score (nSPS) is 18.0. The molecule has 2 aromatic carbocycles. The molecule has 1 aliphatic heterocycles. The summed E-state index contributed by atoms with van der Waals surface area (Å²) in [5, 5.41) is -0.412. The topological polar surface area (TPSA) is 20.3 Å². The van der Waals surface area contributed by atoms with Crippen molar-refractivity contribution in [3.8, 4) is 11.1 Å². The fraction of sp³-hybridized carbons (Fsp3) is 0.0714. The molecule has 2 nitrogen and oxygen atoms in total. The standard InChI is InChI=1S/C14H10INOS/c15-16-12-8-4-3-6-10(12)9-5-1-2-7-11(9)13(18)14(16)17/h1-8,13,18H. The number of anilines is 1. The van der Waals surface area contributed by atoms with Crippen LogP contribution in [0.1, 0.15) is 10.8 Å². The van der Waals surface area contributed by atoms with Crippen LogP contribution in [0.4, 0.5) is 5.69 Å². The zero-order chi connectivity index (χ0) is 12.7. The number of hydrogen-bond donors (Lipinski definition) is 1. The van der Waals surface area contributed by atoms with Crippen molar-refractivity contribution in [1.29, 1.82) is 0 Å². The third-order valence-electron chi connectivity index (χ3n) is 3.09. The molecule has 0 aliphatic carbocycles. The molecular weight excluding hydrogens is 357 g/mol. The third kappa shape index (κ3) is 1.75. The maximum Gasteiger partial charge on any atom is 0.253 e. The van der Waals surface area contributed by atoms with Crippen LogP contribution >= 0.6 is 35.5 Å². The highest BCUT2D eigenvalue weighted by Gasteiger charge is 2.30. The maximum absolute atomic E-state index is 12.3. The lowest BCUT2D eigenvalue weighted by molar-refractivity contribution is -0.116. The fourth-order valence-corrected chi connectivity index (χ4v) is 3.47. The van der Waals surface area contributed by atoms with Gasteiger partial charge in [0.2, 0.25) is 0 Å². The number of fused-ring (bicyclic) bond motifs is 3. The van der Waals surface area contributed by atoms with Gasteiger partial charge in [0.1, 0.15) is 5.25 Å². The molecule has 0 saturated carbocycles. The summed E-state index contributed by atoms with van der Waals surface area (Å²) < 4.78 is 1.66. The number of nitrogens with zero attached hydrogens (tertiary/aromatic N) is 1. The van der Waals surface area contributed by atoms with E-state index in [0.29, 0.717) is 0 Å². The van der Waals surface area contributed by atoms with Crippen molar-refractivity contribution in [2.45, 2.75) is 5.25 Å². The average molecular weight is 367 g/mol. The van der Waals surface area contributed by atoms with Crippen molar-refractivity contribution in [3.63, 3.8) is 0 Å². The molecular formula is C14H10INOS. The Labute approximate surface area is 125 Å². The summed E-state index contributed by atoms with van der Waals surface area (Å²) in [4.78, 5) is 12.3. The number of para-hydroxylation sites is 1. The highest BCUT2D eigenvalue weighted by atomic mass is 127. The Morgan fingerprint density at radius 3 is 2.39 bits per heavy atom. The SMILES string of the molecule is O=C1C(S)c2ccccc2-c2ccccc2N1I. The van der Waals surface area contributed by atoms with Crippen LogP contribution in [-0.4, -0.2) is 5.91 Å². The van der Waals surface area contributed by atoms with Crippen molar-refractivity contribution in [2.24, 2.45) is 0 Å². The minimum absolute atomic E-state index is 0.00340. The lowest BCUT2D eigenvalue weighted by Gasteiger charge is -2.16. The van der Waals surface area contributed by atoms with Gasteiger partial charge in [-0.15, -0.1) is 0 Å². The predicted molar refractivity (Wildman–Crippen MR) is 85.1 cm³/mol. The highest BCUT2D eigenvalue weighted by molar-refractivity contribution is 14.1. The largest absolute Gasteiger partial charge is 0.272 e. The number of carbonyl (C=O) groups is 1. The predicted octanol–water partition coefficient (Wildman–Crippen LogP) is 4.02. The number of carbonyl (C=O) groups excluding carboxylic acids is 1. The van der Waals surface area contributed by atoms with Gasteiger partial charge in [-0.3, -0.25) is 7.91 Å². The first-order chi connectivity index (χ1) is 8.70. The molecule has 0 bridgehead atoms. The molecule has 18 heavy (non-hydrogen) atoms. The van der Waals surface area contributed by atoms with E-state index < -0.39 is 5.25 Å².